The van der Waals surface area contributed by atoms with E-state index in [-0.39, 0.29) is 6.04 Å². The summed E-state index contributed by atoms with van der Waals surface area (Å²) in [5.74, 6) is 0.831. The van der Waals surface area contributed by atoms with E-state index in [1.807, 2.05) is 57.1 Å². The van der Waals surface area contributed by atoms with E-state index in [1.165, 1.54) is 0 Å². The van der Waals surface area contributed by atoms with Crippen LogP contribution in [0.5, 0.6) is 5.75 Å². The topological polar surface area (TPSA) is 32.7 Å². The van der Waals surface area contributed by atoms with Gasteiger partial charge >= 0.3 is 0 Å². The van der Waals surface area contributed by atoms with E-state index in [2.05, 4.69) is 0 Å². The maximum Gasteiger partial charge on any atom is 0.118 e. The lowest BCUT2D eigenvalue weighted by atomic mass is 9.91. The predicted octanol–water partition coefficient (Wildman–Crippen LogP) is 2.07. The van der Waals surface area contributed by atoms with Gasteiger partial charge in [-0.3, -0.25) is 4.90 Å². The zero-order valence-corrected chi connectivity index (χ0v) is 10.7. The van der Waals surface area contributed by atoms with E-state index in [0.717, 1.165) is 11.3 Å². The highest BCUT2D eigenvalue weighted by Crippen LogP contribution is 2.30. The van der Waals surface area contributed by atoms with Crippen molar-refractivity contribution in [1.29, 1.82) is 0 Å². The highest BCUT2D eigenvalue weighted by molar-refractivity contribution is 5.30. The number of likely N-dealkylation sites (N-methyl/N-ethyl adjacent to an activating group) is 1. The summed E-state index contributed by atoms with van der Waals surface area (Å²) in [6.45, 7) is 3.64. The SMILES string of the molecule is COc1ccc(C(N(C)C)C(C)(C)O)cc1. The molecule has 1 aromatic rings. The van der Waals surface area contributed by atoms with Crippen LogP contribution in [0.25, 0.3) is 0 Å². The Hall–Kier alpha value is -1.06. The molecular weight excluding hydrogens is 202 g/mol. The molecule has 1 N–H and O–H groups in total. The Morgan fingerprint density at radius 2 is 1.69 bits per heavy atom. The van der Waals surface area contributed by atoms with Crippen LogP contribution in [0.15, 0.2) is 24.3 Å². The summed E-state index contributed by atoms with van der Waals surface area (Å²) in [6.07, 6.45) is 0. The van der Waals surface area contributed by atoms with Crippen molar-refractivity contribution >= 4 is 0 Å². The third-order valence-electron chi connectivity index (χ3n) is 2.62. The molecule has 1 unspecified atom stereocenters. The molecule has 1 atom stereocenters. The molecule has 0 saturated heterocycles. The number of aliphatic hydroxyl groups is 1. The molecule has 3 heteroatoms. The fraction of sp³-hybridized carbons (Fsp3) is 0.538. The molecule has 0 aromatic heterocycles. The molecule has 0 aliphatic heterocycles. The van der Waals surface area contributed by atoms with Crippen molar-refractivity contribution in [2.75, 3.05) is 21.2 Å². The largest absolute Gasteiger partial charge is 0.497 e. The van der Waals surface area contributed by atoms with Gasteiger partial charge in [0.05, 0.1) is 18.8 Å². The summed E-state index contributed by atoms with van der Waals surface area (Å²) in [6, 6.07) is 7.77. The molecule has 3 nitrogen and oxygen atoms in total. The van der Waals surface area contributed by atoms with Gasteiger partial charge in [-0.1, -0.05) is 12.1 Å². The first-order chi connectivity index (χ1) is 7.36. The highest BCUT2D eigenvalue weighted by atomic mass is 16.5. The maximum absolute atomic E-state index is 10.2. The van der Waals surface area contributed by atoms with Gasteiger partial charge in [0.2, 0.25) is 0 Å². The second kappa shape index (κ2) is 4.85. The summed E-state index contributed by atoms with van der Waals surface area (Å²) < 4.78 is 5.12. The molecule has 0 aliphatic carbocycles. The normalized spacial score (nSPS) is 13.9. The molecular formula is C13H21NO2. The Kier molecular flexibility index (Phi) is 3.94. The van der Waals surface area contributed by atoms with Gasteiger partial charge in [0.1, 0.15) is 5.75 Å². The zero-order valence-electron chi connectivity index (χ0n) is 10.7. The van der Waals surface area contributed by atoms with Crippen LogP contribution in [0.1, 0.15) is 25.5 Å². The van der Waals surface area contributed by atoms with Gasteiger partial charge in [-0.05, 0) is 45.6 Å². The van der Waals surface area contributed by atoms with Gasteiger partial charge in [0.15, 0.2) is 0 Å². The van der Waals surface area contributed by atoms with Gasteiger partial charge in [0, 0.05) is 0 Å². The minimum atomic E-state index is -0.780. The highest BCUT2D eigenvalue weighted by Gasteiger charge is 2.29. The summed E-state index contributed by atoms with van der Waals surface area (Å²) in [4.78, 5) is 2.02. The molecule has 90 valence electrons. The lowest BCUT2D eigenvalue weighted by molar-refractivity contribution is -0.00316. The third-order valence-corrected chi connectivity index (χ3v) is 2.62. The number of benzene rings is 1. The van der Waals surface area contributed by atoms with Crippen LogP contribution in [-0.4, -0.2) is 36.8 Å². The Morgan fingerprint density at radius 1 is 1.19 bits per heavy atom. The van der Waals surface area contributed by atoms with E-state index in [1.54, 1.807) is 7.11 Å². The number of hydrogen-bond donors (Lipinski definition) is 1. The number of hydrogen-bond acceptors (Lipinski definition) is 3. The van der Waals surface area contributed by atoms with Crippen LogP contribution in [0, 0.1) is 0 Å². The first-order valence-corrected chi connectivity index (χ1v) is 5.39. The van der Waals surface area contributed by atoms with Gasteiger partial charge in [0.25, 0.3) is 0 Å². The lowest BCUT2D eigenvalue weighted by Gasteiger charge is -2.35. The minimum Gasteiger partial charge on any atom is -0.497 e. The summed E-state index contributed by atoms with van der Waals surface area (Å²) in [5.41, 5.74) is 0.302. The number of rotatable bonds is 4. The van der Waals surface area contributed by atoms with Gasteiger partial charge < -0.3 is 9.84 Å². The Balaban J connectivity index is 3.03. The van der Waals surface area contributed by atoms with Crippen molar-refractivity contribution in [2.45, 2.75) is 25.5 Å². The summed E-state index contributed by atoms with van der Waals surface area (Å²) in [7, 11) is 5.58. The molecule has 0 fully saturated rings. The first-order valence-electron chi connectivity index (χ1n) is 5.39. The molecule has 0 saturated carbocycles. The quantitative estimate of drug-likeness (QED) is 0.848. The zero-order chi connectivity index (χ0) is 12.3. The average Bonchev–Trinajstić information content (AvgIpc) is 2.16. The standard InChI is InChI=1S/C13H21NO2/c1-13(2,15)12(14(3)4)10-6-8-11(16-5)9-7-10/h6-9,12,15H,1-5H3. The van der Waals surface area contributed by atoms with E-state index in [0.29, 0.717) is 0 Å². The fourth-order valence-corrected chi connectivity index (χ4v) is 2.12. The Labute approximate surface area is 97.7 Å². The van der Waals surface area contributed by atoms with Crippen LogP contribution in [0.4, 0.5) is 0 Å². The number of ether oxygens (including phenoxy) is 1. The van der Waals surface area contributed by atoms with Gasteiger partial charge in [-0.15, -0.1) is 0 Å². The van der Waals surface area contributed by atoms with Crippen LogP contribution in [-0.2, 0) is 0 Å². The van der Waals surface area contributed by atoms with Crippen molar-refractivity contribution in [3.8, 4) is 5.75 Å². The van der Waals surface area contributed by atoms with Crippen molar-refractivity contribution in [3.63, 3.8) is 0 Å². The van der Waals surface area contributed by atoms with E-state index >= 15 is 0 Å². The predicted molar refractivity (Wildman–Crippen MR) is 65.7 cm³/mol. The smallest absolute Gasteiger partial charge is 0.118 e. The second-order valence-electron chi connectivity index (χ2n) is 4.79. The van der Waals surface area contributed by atoms with Crippen LogP contribution in [0.3, 0.4) is 0 Å². The van der Waals surface area contributed by atoms with E-state index in [9.17, 15) is 5.11 Å². The van der Waals surface area contributed by atoms with Gasteiger partial charge in [-0.25, -0.2) is 0 Å². The van der Waals surface area contributed by atoms with E-state index < -0.39 is 5.60 Å². The first kappa shape index (κ1) is 13.0. The maximum atomic E-state index is 10.2. The average molecular weight is 223 g/mol. The van der Waals surface area contributed by atoms with Crippen LogP contribution in [0.2, 0.25) is 0 Å². The molecule has 0 aliphatic rings. The lowest BCUT2D eigenvalue weighted by Crippen LogP contribution is -2.38. The molecule has 0 amide bonds. The summed E-state index contributed by atoms with van der Waals surface area (Å²) in [5, 5.41) is 10.2. The third kappa shape index (κ3) is 2.97. The van der Waals surface area contributed by atoms with Crippen LogP contribution < -0.4 is 4.74 Å². The van der Waals surface area contributed by atoms with Crippen molar-refractivity contribution < 1.29 is 9.84 Å². The van der Waals surface area contributed by atoms with Gasteiger partial charge in [-0.2, -0.15) is 0 Å². The van der Waals surface area contributed by atoms with Crippen molar-refractivity contribution in [3.05, 3.63) is 29.8 Å². The fourth-order valence-electron chi connectivity index (χ4n) is 2.12. The minimum absolute atomic E-state index is 0.0293. The van der Waals surface area contributed by atoms with Crippen molar-refractivity contribution in [2.24, 2.45) is 0 Å². The number of methoxy groups -OCH3 is 1. The number of nitrogens with zero attached hydrogens (tertiary/aromatic N) is 1. The molecule has 16 heavy (non-hydrogen) atoms. The molecule has 0 spiro atoms. The second-order valence-corrected chi connectivity index (χ2v) is 4.79. The Bertz CT molecular complexity index is 325. The molecule has 1 aromatic carbocycles. The monoisotopic (exact) mass is 223 g/mol. The van der Waals surface area contributed by atoms with E-state index in [4.69, 9.17) is 4.74 Å². The molecule has 0 bridgehead atoms. The van der Waals surface area contributed by atoms with Crippen molar-refractivity contribution in [1.82, 2.24) is 4.90 Å². The molecule has 0 radical (unpaired) electrons. The van der Waals surface area contributed by atoms with Crippen LogP contribution >= 0.6 is 0 Å². The Morgan fingerprint density at radius 3 is 2.00 bits per heavy atom. The summed E-state index contributed by atoms with van der Waals surface area (Å²) >= 11 is 0. The molecule has 0 heterocycles. The molecule has 1 rings (SSSR count).